The van der Waals surface area contributed by atoms with E-state index in [1.165, 1.54) is 12.1 Å². The molecule has 0 aliphatic heterocycles. The second-order valence-electron chi connectivity index (χ2n) is 4.23. The van der Waals surface area contributed by atoms with Crippen LogP contribution in [-0.4, -0.2) is 19.3 Å². The minimum atomic E-state index is -4.62. The molecule has 22 heavy (non-hydrogen) atoms. The normalized spacial score (nSPS) is 11.7. The molecular formula is C14H9F5O3. The zero-order chi connectivity index (χ0) is 16.3. The van der Waals surface area contributed by atoms with Crippen molar-refractivity contribution in [2.24, 2.45) is 0 Å². The van der Waals surface area contributed by atoms with E-state index in [-0.39, 0.29) is 22.8 Å². The highest BCUT2D eigenvalue weighted by atomic mass is 19.4. The number of carbonyl (C=O) groups is 1. The highest BCUT2D eigenvalue weighted by Crippen LogP contribution is 2.37. The van der Waals surface area contributed by atoms with Gasteiger partial charge in [-0.05, 0) is 30.3 Å². The maximum absolute atomic E-state index is 12.8. The Morgan fingerprint density at radius 3 is 2.45 bits per heavy atom. The Hall–Kier alpha value is -2.38. The number of benzene rings is 1. The highest BCUT2D eigenvalue weighted by Gasteiger charge is 2.31. The molecule has 0 atom stereocenters. The van der Waals surface area contributed by atoms with E-state index >= 15 is 0 Å². The van der Waals surface area contributed by atoms with E-state index in [1.807, 2.05) is 0 Å². The topological polar surface area (TPSA) is 39.4 Å². The van der Waals surface area contributed by atoms with Gasteiger partial charge in [0.25, 0.3) is 6.43 Å². The molecule has 1 heterocycles. The van der Waals surface area contributed by atoms with Crippen molar-refractivity contribution in [2.45, 2.75) is 12.6 Å². The molecule has 0 bridgehead atoms. The summed E-state index contributed by atoms with van der Waals surface area (Å²) in [6.45, 7) is -0.973. The van der Waals surface area contributed by atoms with Crippen LogP contribution in [0.25, 0.3) is 11.3 Å². The molecule has 0 radical (unpaired) electrons. The number of aldehydes is 1. The van der Waals surface area contributed by atoms with Gasteiger partial charge in [-0.2, -0.15) is 13.2 Å². The van der Waals surface area contributed by atoms with Gasteiger partial charge in [0.15, 0.2) is 12.0 Å². The summed E-state index contributed by atoms with van der Waals surface area (Å²) in [5.41, 5.74) is -1.15. The van der Waals surface area contributed by atoms with Gasteiger partial charge < -0.3 is 9.15 Å². The van der Waals surface area contributed by atoms with Crippen LogP contribution in [0.2, 0.25) is 0 Å². The average Bonchev–Trinajstić information content (AvgIpc) is 2.92. The molecule has 0 aliphatic rings. The summed E-state index contributed by atoms with van der Waals surface area (Å²) in [7, 11) is 0. The van der Waals surface area contributed by atoms with Crippen LogP contribution >= 0.6 is 0 Å². The maximum Gasteiger partial charge on any atom is 0.416 e. The summed E-state index contributed by atoms with van der Waals surface area (Å²) in [5.74, 6) is -0.384. The molecule has 2 aromatic rings. The molecule has 0 saturated heterocycles. The fourth-order valence-corrected chi connectivity index (χ4v) is 1.74. The van der Waals surface area contributed by atoms with E-state index in [9.17, 15) is 26.7 Å². The van der Waals surface area contributed by atoms with Gasteiger partial charge in [0.2, 0.25) is 0 Å². The number of ether oxygens (including phenoxy) is 1. The fourth-order valence-electron chi connectivity index (χ4n) is 1.74. The van der Waals surface area contributed by atoms with Crippen molar-refractivity contribution in [2.75, 3.05) is 6.61 Å². The Kier molecular flexibility index (Phi) is 4.48. The molecule has 0 spiro atoms. The first-order valence-electron chi connectivity index (χ1n) is 5.99. The Bertz CT molecular complexity index is 661. The number of hydrogen-bond acceptors (Lipinski definition) is 3. The van der Waals surface area contributed by atoms with E-state index < -0.39 is 24.8 Å². The number of furan rings is 1. The van der Waals surface area contributed by atoms with Crippen LogP contribution in [0.1, 0.15) is 16.1 Å². The lowest BCUT2D eigenvalue weighted by atomic mass is 10.1. The molecule has 118 valence electrons. The molecule has 0 N–H and O–H groups in total. The molecule has 0 saturated carbocycles. The zero-order valence-electron chi connectivity index (χ0n) is 10.9. The third kappa shape index (κ3) is 3.63. The van der Waals surface area contributed by atoms with Crippen LogP contribution in [0.5, 0.6) is 5.75 Å². The van der Waals surface area contributed by atoms with E-state index in [1.54, 1.807) is 0 Å². The SMILES string of the molecule is O=Cc1ccc(-c2cc(C(F)(F)F)ccc2OCC(F)F)o1. The van der Waals surface area contributed by atoms with Crippen molar-refractivity contribution in [1.82, 2.24) is 0 Å². The lowest BCUT2D eigenvalue weighted by molar-refractivity contribution is -0.137. The van der Waals surface area contributed by atoms with Crippen molar-refractivity contribution < 1.29 is 35.9 Å². The first kappa shape index (κ1) is 16.0. The predicted molar refractivity (Wildman–Crippen MR) is 66.0 cm³/mol. The van der Waals surface area contributed by atoms with Gasteiger partial charge in [-0.1, -0.05) is 0 Å². The van der Waals surface area contributed by atoms with Crippen LogP contribution < -0.4 is 4.74 Å². The molecule has 2 rings (SSSR count). The van der Waals surface area contributed by atoms with E-state index in [0.29, 0.717) is 18.4 Å². The molecule has 1 aromatic heterocycles. The van der Waals surface area contributed by atoms with Gasteiger partial charge >= 0.3 is 6.18 Å². The largest absolute Gasteiger partial charge is 0.487 e. The molecular weight excluding hydrogens is 311 g/mol. The minimum Gasteiger partial charge on any atom is -0.487 e. The molecule has 8 heteroatoms. The number of hydrogen-bond donors (Lipinski definition) is 0. The van der Waals surface area contributed by atoms with Gasteiger partial charge in [-0.25, -0.2) is 8.78 Å². The molecule has 3 nitrogen and oxygen atoms in total. The Balaban J connectivity index is 2.47. The molecule has 0 aliphatic carbocycles. The smallest absolute Gasteiger partial charge is 0.416 e. The first-order chi connectivity index (χ1) is 10.3. The van der Waals surface area contributed by atoms with E-state index in [4.69, 9.17) is 9.15 Å². The van der Waals surface area contributed by atoms with Gasteiger partial charge in [-0.3, -0.25) is 4.79 Å². The summed E-state index contributed by atoms with van der Waals surface area (Å²) in [6, 6.07) is 4.87. The van der Waals surface area contributed by atoms with Crippen molar-refractivity contribution in [1.29, 1.82) is 0 Å². The number of rotatable bonds is 5. The van der Waals surface area contributed by atoms with Crippen LogP contribution in [0, 0.1) is 0 Å². The standard InChI is InChI=1S/C14H9F5O3/c15-13(16)7-21-11-3-1-8(14(17,18)19)5-10(11)12-4-2-9(6-20)22-12/h1-6,13H,7H2. The summed E-state index contributed by atoms with van der Waals surface area (Å²) >= 11 is 0. The highest BCUT2D eigenvalue weighted by molar-refractivity contribution is 5.74. The Morgan fingerprint density at radius 2 is 1.91 bits per heavy atom. The monoisotopic (exact) mass is 320 g/mol. The first-order valence-corrected chi connectivity index (χ1v) is 5.99. The lowest BCUT2D eigenvalue weighted by Gasteiger charge is -2.13. The van der Waals surface area contributed by atoms with Crippen LogP contribution in [0.15, 0.2) is 34.7 Å². The predicted octanol–water partition coefficient (Wildman–Crippen LogP) is 4.42. The van der Waals surface area contributed by atoms with Crippen LogP contribution in [-0.2, 0) is 6.18 Å². The quantitative estimate of drug-likeness (QED) is 0.605. The van der Waals surface area contributed by atoms with Gasteiger partial charge in [0.1, 0.15) is 18.1 Å². The van der Waals surface area contributed by atoms with Gasteiger partial charge in [0.05, 0.1) is 11.1 Å². The summed E-state index contributed by atoms with van der Waals surface area (Å²) in [4.78, 5) is 10.6. The number of halogens is 5. The third-order valence-corrected chi connectivity index (χ3v) is 2.68. The van der Waals surface area contributed by atoms with Crippen LogP contribution in [0.3, 0.4) is 0 Å². The van der Waals surface area contributed by atoms with Crippen molar-refractivity contribution in [3.05, 3.63) is 41.7 Å². The van der Waals surface area contributed by atoms with Crippen molar-refractivity contribution in [3.8, 4) is 17.1 Å². The fraction of sp³-hybridized carbons (Fsp3) is 0.214. The Labute approximate surface area is 121 Å². The summed E-state index contributed by atoms with van der Waals surface area (Å²) < 4.78 is 72.5. The average molecular weight is 320 g/mol. The van der Waals surface area contributed by atoms with E-state index in [0.717, 1.165) is 6.07 Å². The second kappa shape index (κ2) is 6.17. The molecule has 0 unspecified atom stereocenters. The second-order valence-corrected chi connectivity index (χ2v) is 4.23. The Morgan fingerprint density at radius 1 is 1.18 bits per heavy atom. The zero-order valence-corrected chi connectivity index (χ0v) is 10.9. The third-order valence-electron chi connectivity index (χ3n) is 2.68. The maximum atomic E-state index is 12.8. The van der Waals surface area contributed by atoms with Crippen molar-refractivity contribution >= 4 is 6.29 Å². The molecule has 1 aromatic carbocycles. The minimum absolute atomic E-state index is 0.0857. The van der Waals surface area contributed by atoms with Gasteiger partial charge in [-0.15, -0.1) is 0 Å². The summed E-state index contributed by atoms with van der Waals surface area (Å²) in [6.07, 6.45) is -7.02. The molecule has 0 fully saturated rings. The molecule has 0 amide bonds. The van der Waals surface area contributed by atoms with E-state index in [2.05, 4.69) is 0 Å². The van der Waals surface area contributed by atoms with Crippen LogP contribution in [0.4, 0.5) is 22.0 Å². The summed E-state index contributed by atoms with van der Waals surface area (Å²) in [5, 5.41) is 0. The number of carbonyl (C=O) groups excluding carboxylic acids is 1. The van der Waals surface area contributed by atoms with Gasteiger partial charge in [0, 0.05) is 0 Å². The number of alkyl halides is 5. The lowest BCUT2D eigenvalue weighted by Crippen LogP contribution is -2.09. The van der Waals surface area contributed by atoms with Crippen molar-refractivity contribution in [3.63, 3.8) is 0 Å².